The molecule has 0 aliphatic heterocycles. The van der Waals surface area contributed by atoms with Crippen molar-refractivity contribution in [2.45, 2.75) is 39.2 Å². The summed E-state index contributed by atoms with van der Waals surface area (Å²) in [4.78, 5) is 0.500. The van der Waals surface area contributed by atoms with Gasteiger partial charge < -0.3 is 5.73 Å². The second-order valence-corrected chi connectivity index (χ2v) is 3.92. The summed E-state index contributed by atoms with van der Waals surface area (Å²) < 4.78 is 2.01. The highest BCUT2D eigenvalue weighted by atomic mass is 32.1. The SMILES string of the molecule is CCC(CC)n1ccc(CC(N)=S)n1. The average molecular weight is 211 g/mol. The maximum atomic E-state index is 5.46. The van der Waals surface area contributed by atoms with Crippen LogP contribution in [0.5, 0.6) is 0 Å². The summed E-state index contributed by atoms with van der Waals surface area (Å²) in [6.07, 6.45) is 4.81. The molecule has 14 heavy (non-hydrogen) atoms. The number of hydrogen-bond donors (Lipinski definition) is 1. The maximum Gasteiger partial charge on any atom is 0.0788 e. The Kier molecular flexibility index (Phi) is 4.07. The van der Waals surface area contributed by atoms with Crippen molar-refractivity contribution in [2.75, 3.05) is 0 Å². The lowest BCUT2D eigenvalue weighted by atomic mass is 10.2. The molecule has 1 aromatic heterocycles. The largest absolute Gasteiger partial charge is 0.393 e. The molecule has 2 N–H and O–H groups in total. The van der Waals surface area contributed by atoms with E-state index in [0.717, 1.165) is 18.5 Å². The number of nitrogens with zero attached hydrogens (tertiary/aromatic N) is 2. The van der Waals surface area contributed by atoms with Crippen molar-refractivity contribution >= 4 is 17.2 Å². The third-order valence-electron chi connectivity index (χ3n) is 2.34. The van der Waals surface area contributed by atoms with Gasteiger partial charge in [0.2, 0.25) is 0 Å². The maximum absolute atomic E-state index is 5.46. The molecule has 3 nitrogen and oxygen atoms in total. The Labute approximate surface area is 90.3 Å². The van der Waals surface area contributed by atoms with E-state index in [1.54, 1.807) is 0 Å². The zero-order chi connectivity index (χ0) is 10.6. The van der Waals surface area contributed by atoms with Crippen molar-refractivity contribution in [1.29, 1.82) is 0 Å². The molecule has 1 heterocycles. The molecule has 0 bridgehead atoms. The van der Waals surface area contributed by atoms with Crippen LogP contribution in [0.3, 0.4) is 0 Å². The van der Waals surface area contributed by atoms with Crippen molar-refractivity contribution in [1.82, 2.24) is 9.78 Å². The molecule has 0 unspecified atom stereocenters. The van der Waals surface area contributed by atoms with E-state index >= 15 is 0 Å². The van der Waals surface area contributed by atoms with Crippen LogP contribution in [0.1, 0.15) is 38.4 Å². The predicted molar refractivity (Wildman–Crippen MR) is 62.3 cm³/mol. The van der Waals surface area contributed by atoms with Gasteiger partial charge in [-0.25, -0.2) is 0 Å². The molecule has 0 aromatic carbocycles. The van der Waals surface area contributed by atoms with Gasteiger partial charge in [0.1, 0.15) is 0 Å². The monoisotopic (exact) mass is 211 g/mol. The minimum atomic E-state index is 0.495. The standard InChI is InChI=1S/C10H17N3S/c1-3-9(4-2)13-6-5-8(12-13)7-10(11)14/h5-6,9H,3-4,7H2,1-2H3,(H2,11,14). The Bertz CT molecular complexity index is 302. The number of nitrogens with two attached hydrogens (primary N) is 1. The van der Waals surface area contributed by atoms with Crippen LogP contribution in [0, 0.1) is 0 Å². The molecule has 1 rings (SSSR count). The molecular weight excluding hydrogens is 194 g/mol. The second kappa shape index (κ2) is 5.10. The van der Waals surface area contributed by atoms with Gasteiger partial charge in [-0.05, 0) is 18.9 Å². The first kappa shape index (κ1) is 11.2. The van der Waals surface area contributed by atoms with E-state index in [1.165, 1.54) is 0 Å². The van der Waals surface area contributed by atoms with Gasteiger partial charge in [-0.2, -0.15) is 5.10 Å². The Morgan fingerprint density at radius 1 is 1.57 bits per heavy atom. The number of aromatic nitrogens is 2. The lowest BCUT2D eigenvalue weighted by Gasteiger charge is -2.12. The highest BCUT2D eigenvalue weighted by Gasteiger charge is 2.07. The first-order valence-electron chi connectivity index (χ1n) is 4.99. The molecule has 0 radical (unpaired) electrons. The van der Waals surface area contributed by atoms with Crippen LogP contribution < -0.4 is 5.73 Å². The normalized spacial score (nSPS) is 10.8. The third-order valence-corrected chi connectivity index (χ3v) is 2.48. The lowest BCUT2D eigenvalue weighted by molar-refractivity contribution is 0.426. The molecule has 1 aromatic rings. The molecule has 0 saturated carbocycles. The fraction of sp³-hybridized carbons (Fsp3) is 0.600. The Morgan fingerprint density at radius 3 is 2.71 bits per heavy atom. The number of thiocarbonyl (C=S) groups is 1. The predicted octanol–water partition coefficient (Wildman–Crippen LogP) is 2.07. The number of hydrogen-bond acceptors (Lipinski definition) is 2. The molecule has 0 saturated heterocycles. The second-order valence-electron chi connectivity index (χ2n) is 3.40. The lowest BCUT2D eigenvalue weighted by Crippen LogP contribution is -2.13. The smallest absolute Gasteiger partial charge is 0.0788 e. The highest BCUT2D eigenvalue weighted by Crippen LogP contribution is 2.14. The van der Waals surface area contributed by atoms with Crippen LogP contribution in [0.4, 0.5) is 0 Å². The Morgan fingerprint density at radius 2 is 2.21 bits per heavy atom. The van der Waals surface area contributed by atoms with E-state index in [9.17, 15) is 0 Å². The summed E-state index contributed by atoms with van der Waals surface area (Å²) in [5.41, 5.74) is 6.42. The first-order valence-corrected chi connectivity index (χ1v) is 5.40. The topological polar surface area (TPSA) is 43.8 Å². The first-order chi connectivity index (χ1) is 6.67. The Hall–Kier alpha value is -0.900. The fourth-order valence-electron chi connectivity index (χ4n) is 1.52. The summed E-state index contributed by atoms with van der Waals surface area (Å²) in [7, 11) is 0. The molecular formula is C10H17N3S. The van der Waals surface area contributed by atoms with E-state index in [1.807, 2.05) is 16.9 Å². The third kappa shape index (κ3) is 2.80. The van der Waals surface area contributed by atoms with Crippen LogP contribution >= 0.6 is 12.2 Å². The van der Waals surface area contributed by atoms with Gasteiger partial charge in [0.15, 0.2) is 0 Å². The quantitative estimate of drug-likeness (QED) is 0.758. The highest BCUT2D eigenvalue weighted by molar-refractivity contribution is 7.80. The molecule has 4 heteroatoms. The van der Waals surface area contributed by atoms with Gasteiger partial charge in [0.05, 0.1) is 16.7 Å². The van der Waals surface area contributed by atoms with Gasteiger partial charge in [-0.15, -0.1) is 0 Å². The zero-order valence-electron chi connectivity index (χ0n) is 8.73. The van der Waals surface area contributed by atoms with Crippen molar-refractivity contribution in [3.05, 3.63) is 18.0 Å². The minimum absolute atomic E-state index is 0.495. The minimum Gasteiger partial charge on any atom is -0.393 e. The molecule has 0 aliphatic carbocycles. The van der Waals surface area contributed by atoms with Crippen molar-refractivity contribution in [3.63, 3.8) is 0 Å². The van der Waals surface area contributed by atoms with Crippen LogP contribution in [0.25, 0.3) is 0 Å². The molecule has 0 amide bonds. The summed E-state index contributed by atoms with van der Waals surface area (Å²) in [5, 5.41) is 4.44. The van der Waals surface area contributed by atoms with E-state index in [-0.39, 0.29) is 0 Å². The summed E-state index contributed by atoms with van der Waals surface area (Å²) >= 11 is 4.84. The van der Waals surface area contributed by atoms with Crippen LogP contribution in [0.2, 0.25) is 0 Å². The van der Waals surface area contributed by atoms with Crippen LogP contribution in [-0.2, 0) is 6.42 Å². The van der Waals surface area contributed by atoms with E-state index in [4.69, 9.17) is 18.0 Å². The Balaban J connectivity index is 2.71. The molecule has 0 atom stereocenters. The molecule has 0 spiro atoms. The molecule has 0 aliphatic rings. The van der Waals surface area contributed by atoms with Gasteiger partial charge in [-0.1, -0.05) is 26.1 Å². The molecule has 78 valence electrons. The average Bonchev–Trinajstić information content (AvgIpc) is 2.54. The van der Waals surface area contributed by atoms with Gasteiger partial charge in [0, 0.05) is 12.6 Å². The van der Waals surface area contributed by atoms with E-state index < -0.39 is 0 Å². The van der Waals surface area contributed by atoms with Gasteiger partial charge >= 0.3 is 0 Å². The van der Waals surface area contributed by atoms with E-state index in [2.05, 4.69) is 18.9 Å². The molecule has 0 fully saturated rings. The van der Waals surface area contributed by atoms with Gasteiger partial charge in [0.25, 0.3) is 0 Å². The van der Waals surface area contributed by atoms with E-state index in [0.29, 0.717) is 17.5 Å². The summed E-state index contributed by atoms with van der Waals surface area (Å²) in [5.74, 6) is 0. The van der Waals surface area contributed by atoms with Gasteiger partial charge in [-0.3, -0.25) is 4.68 Å². The van der Waals surface area contributed by atoms with Crippen molar-refractivity contribution in [3.8, 4) is 0 Å². The number of rotatable bonds is 5. The van der Waals surface area contributed by atoms with Crippen molar-refractivity contribution in [2.24, 2.45) is 5.73 Å². The summed E-state index contributed by atoms with van der Waals surface area (Å²) in [6, 6.07) is 2.48. The van der Waals surface area contributed by atoms with Crippen LogP contribution in [-0.4, -0.2) is 14.8 Å². The zero-order valence-corrected chi connectivity index (χ0v) is 9.55. The van der Waals surface area contributed by atoms with Crippen LogP contribution in [0.15, 0.2) is 12.3 Å². The summed E-state index contributed by atoms with van der Waals surface area (Å²) in [6.45, 7) is 4.34. The fourth-order valence-corrected chi connectivity index (χ4v) is 1.66. The van der Waals surface area contributed by atoms with Crippen molar-refractivity contribution < 1.29 is 0 Å².